The molecule has 2 aliphatic heterocycles. The highest BCUT2D eigenvalue weighted by molar-refractivity contribution is 6.58. The zero-order valence-corrected chi connectivity index (χ0v) is 37.4. The quantitative estimate of drug-likeness (QED) is 0.0420. The van der Waals surface area contributed by atoms with E-state index in [2.05, 4.69) is 77.9 Å². The number of carbonyl (C=O) groups is 2. The molecule has 7 aromatic rings. The Kier molecular flexibility index (Phi) is 9.01. The molecule has 9 rings (SSSR count). The molecular formula is C53H53BF2N2O3. The molecule has 1 aromatic heterocycles. The first-order valence-electron chi connectivity index (χ1n) is 21.4. The van der Waals surface area contributed by atoms with Crippen molar-refractivity contribution in [2.24, 2.45) is 0 Å². The van der Waals surface area contributed by atoms with Crippen LogP contribution in [-0.2, 0) is 15.6 Å². The van der Waals surface area contributed by atoms with E-state index >= 15 is 8.63 Å². The fourth-order valence-corrected chi connectivity index (χ4v) is 10.4. The van der Waals surface area contributed by atoms with E-state index in [0.29, 0.717) is 34.1 Å². The van der Waals surface area contributed by atoms with Gasteiger partial charge in [0.25, 0.3) is 0 Å². The fraction of sp³-hybridized carbons (Fsp3) is 0.302. The maximum atomic E-state index is 16.3. The van der Waals surface area contributed by atoms with E-state index in [1.165, 1.54) is 41.6 Å². The van der Waals surface area contributed by atoms with Crippen molar-refractivity contribution in [3.05, 3.63) is 140 Å². The van der Waals surface area contributed by atoms with Crippen LogP contribution in [0.1, 0.15) is 123 Å². The Morgan fingerprint density at radius 3 is 1.89 bits per heavy atom. The van der Waals surface area contributed by atoms with Gasteiger partial charge in [-0.05, 0) is 158 Å². The molecule has 2 aliphatic rings. The van der Waals surface area contributed by atoms with Crippen LogP contribution in [0.25, 0.3) is 48.7 Å². The SMILES string of the molecule is CC1=CC(C)=[N+]2C1=C(c1c(C)cc(OC(=O)CCC(=O)c3ccc4c5cc(C(C)(C)C)cc6cc(C(C)(C)C)cc(c7cccc3c74)c65)cc1C)c1c(C)cc(C)n1[B-]2(F)F. The lowest BCUT2D eigenvalue weighted by Gasteiger charge is -2.34. The number of esters is 1. The van der Waals surface area contributed by atoms with Crippen LogP contribution in [0.2, 0.25) is 0 Å². The van der Waals surface area contributed by atoms with Gasteiger partial charge in [0.15, 0.2) is 11.5 Å². The summed E-state index contributed by atoms with van der Waals surface area (Å²) in [5.74, 6) is -0.283. The lowest BCUT2D eigenvalue weighted by molar-refractivity contribution is -0.363. The highest BCUT2D eigenvalue weighted by Crippen LogP contribution is 2.47. The molecule has 310 valence electrons. The lowest BCUT2D eigenvalue weighted by Crippen LogP contribution is -2.51. The Bertz CT molecular complexity index is 3110. The number of allylic oxidation sites excluding steroid dienone is 2. The summed E-state index contributed by atoms with van der Waals surface area (Å²) in [6, 6.07) is 25.0. The average Bonchev–Trinajstić information content (AvgIpc) is 3.65. The summed E-state index contributed by atoms with van der Waals surface area (Å²) in [7, 11) is 0. The third-order valence-corrected chi connectivity index (χ3v) is 13.2. The van der Waals surface area contributed by atoms with E-state index in [4.69, 9.17) is 4.74 Å². The van der Waals surface area contributed by atoms with Gasteiger partial charge in [0.05, 0.1) is 12.0 Å². The van der Waals surface area contributed by atoms with Gasteiger partial charge < -0.3 is 22.3 Å². The monoisotopic (exact) mass is 814 g/mol. The van der Waals surface area contributed by atoms with Gasteiger partial charge in [-0.1, -0.05) is 84.0 Å². The van der Waals surface area contributed by atoms with Crippen LogP contribution in [0.4, 0.5) is 8.63 Å². The number of carbonyl (C=O) groups excluding carboxylic acids is 2. The first-order valence-corrected chi connectivity index (χ1v) is 21.4. The van der Waals surface area contributed by atoms with Crippen LogP contribution < -0.4 is 4.74 Å². The minimum Gasteiger partial charge on any atom is -0.426 e. The van der Waals surface area contributed by atoms with Crippen molar-refractivity contribution >= 4 is 73.1 Å². The fourth-order valence-electron chi connectivity index (χ4n) is 10.4. The molecule has 0 fully saturated rings. The van der Waals surface area contributed by atoms with Crippen LogP contribution >= 0.6 is 0 Å². The number of fused-ring (bicyclic) bond motifs is 4. The number of aryl methyl sites for hydroxylation is 4. The zero-order valence-electron chi connectivity index (χ0n) is 37.4. The van der Waals surface area contributed by atoms with E-state index in [9.17, 15) is 9.59 Å². The normalized spacial score (nSPS) is 15.4. The van der Waals surface area contributed by atoms with Crippen molar-refractivity contribution in [2.45, 2.75) is 107 Å². The second kappa shape index (κ2) is 13.6. The Balaban J connectivity index is 1.04. The maximum absolute atomic E-state index is 16.3. The largest absolute Gasteiger partial charge is 0.737 e. The minimum atomic E-state index is -4.10. The predicted octanol–water partition coefficient (Wildman–Crippen LogP) is 13.4. The van der Waals surface area contributed by atoms with Crippen molar-refractivity contribution in [3.63, 3.8) is 0 Å². The summed E-state index contributed by atoms with van der Waals surface area (Å²) in [5.41, 5.74) is 9.73. The molecule has 0 amide bonds. The van der Waals surface area contributed by atoms with Crippen molar-refractivity contribution in [1.29, 1.82) is 0 Å². The number of benzene rings is 6. The average molecular weight is 815 g/mol. The summed E-state index contributed by atoms with van der Waals surface area (Å²) >= 11 is 0. The number of ether oxygens (including phenoxy) is 1. The molecule has 0 atom stereocenters. The number of ketones is 1. The Hall–Kier alpha value is -5.89. The van der Waals surface area contributed by atoms with E-state index in [1.807, 2.05) is 58.0 Å². The van der Waals surface area contributed by atoms with E-state index < -0.39 is 12.9 Å². The summed E-state index contributed by atoms with van der Waals surface area (Å²) in [4.78, 5) is 27.6. The maximum Gasteiger partial charge on any atom is 0.737 e. The number of aromatic nitrogens is 1. The van der Waals surface area contributed by atoms with Crippen LogP contribution in [0, 0.1) is 27.7 Å². The Morgan fingerprint density at radius 2 is 1.28 bits per heavy atom. The molecule has 8 heteroatoms. The highest BCUT2D eigenvalue weighted by Gasteiger charge is 2.55. The molecule has 0 saturated carbocycles. The van der Waals surface area contributed by atoms with E-state index in [1.54, 1.807) is 26.0 Å². The molecule has 0 aliphatic carbocycles. The topological polar surface area (TPSA) is 51.3 Å². The number of hydrogen-bond acceptors (Lipinski definition) is 3. The van der Waals surface area contributed by atoms with Crippen molar-refractivity contribution in [2.75, 3.05) is 0 Å². The Labute approximate surface area is 356 Å². The number of hydrogen-bond donors (Lipinski definition) is 0. The number of rotatable bonds is 6. The summed E-state index contributed by atoms with van der Waals surface area (Å²) in [6.45, 7) is 20.4. The molecule has 5 nitrogen and oxygen atoms in total. The number of halogens is 2. The van der Waals surface area contributed by atoms with Gasteiger partial charge in [-0.15, -0.1) is 0 Å². The van der Waals surface area contributed by atoms with Gasteiger partial charge >= 0.3 is 12.9 Å². The third kappa shape index (κ3) is 6.19. The predicted molar refractivity (Wildman–Crippen MR) is 248 cm³/mol. The lowest BCUT2D eigenvalue weighted by atomic mass is 9.79. The molecule has 0 spiro atoms. The number of nitrogens with zero attached hydrogens (tertiary/aromatic N) is 2. The van der Waals surface area contributed by atoms with Gasteiger partial charge in [0.1, 0.15) is 11.5 Å². The molecular weight excluding hydrogens is 761 g/mol. The van der Waals surface area contributed by atoms with Crippen molar-refractivity contribution in [1.82, 2.24) is 4.48 Å². The van der Waals surface area contributed by atoms with Gasteiger partial charge in [0.2, 0.25) is 0 Å². The minimum absolute atomic E-state index is 0.0127. The van der Waals surface area contributed by atoms with Crippen molar-refractivity contribution in [3.8, 4) is 5.75 Å². The van der Waals surface area contributed by atoms with Gasteiger partial charge in [-0.2, -0.15) is 0 Å². The van der Waals surface area contributed by atoms with Gasteiger partial charge in [0, 0.05) is 36.3 Å². The first kappa shape index (κ1) is 40.5. The molecule has 0 N–H and O–H groups in total. The molecule has 0 bridgehead atoms. The van der Waals surface area contributed by atoms with Gasteiger partial charge in [-0.25, -0.2) is 0 Å². The third-order valence-electron chi connectivity index (χ3n) is 13.2. The molecule has 61 heavy (non-hydrogen) atoms. The van der Waals surface area contributed by atoms with E-state index in [0.717, 1.165) is 54.9 Å². The summed E-state index contributed by atoms with van der Waals surface area (Å²) in [6.07, 6.45) is 1.71. The van der Waals surface area contributed by atoms with Gasteiger partial charge in [-0.3, -0.25) is 9.59 Å². The van der Waals surface area contributed by atoms with Crippen LogP contribution in [0.3, 0.4) is 0 Å². The highest BCUT2D eigenvalue weighted by atomic mass is 19.2. The van der Waals surface area contributed by atoms with E-state index in [-0.39, 0.29) is 29.5 Å². The van der Waals surface area contributed by atoms with Crippen LogP contribution in [0.5, 0.6) is 5.75 Å². The van der Waals surface area contributed by atoms with Crippen molar-refractivity contribution < 1.29 is 27.4 Å². The second-order valence-corrected chi connectivity index (χ2v) is 19.7. The molecule has 0 unspecified atom stereocenters. The van der Waals surface area contributed by atoms with Crippen LogP contribution in [0.15, 0.2) is 90.1 Å². The number of Topliss-reactive ketones (excluding diaryl/α,β-unsaturated/α-hetero) is 1. The molecule has 0 saturated heterocycles. The Morgan fingerprint density at radius 1 is 0.689 bits per heavy atom. The van der Waals surface area contributed by atoms with Crippen LogP contribution in [-0.4, -0.2) is 33.4 Å². The summed E-state index contributed by atoms with van der Waals surface area (Å²) in [5, 5.41) is 8.99. The summed E-state index contributed by atoms with van der Waals surface area (Å²) < 4.78 is 40.9. The molecule has 3 heterocycles. The standard InChI is InChI=1S/C53H53BF2N2O3/c1-28-22-37(23-29(2)46(28)49-50-30(3)20-32(5)57(50)54(55,56)58-33(6)21-31(4)51(49)58)61-45(60)19-18-44(59)38-16-17-41-43-27-36(53(10,11)12)25-34-24-35(52(7,8)9)26-42(47(34)43)40-15-13-14-39(38)48(40)41/h13-17,20-27H,18-19H2,1-12H3. The second-order valence-electron chi connectivity index (χ2n) is 19.7. The molecule has 0 radical (unpaired) electrons. The zero-order chi connectivity index (χ0) is 43.8. The first-order chi connectivity index (χ1) is 28.6. The smallest absolute Gasteiger partial charge is 0.426 e. The molecule has 6 aromatic carbocycles.